The van der Waals surface area contributed by atoms with Crippen LogP contribution in [0.4, 0.5) is 0 Å². The molecule has 144 valence electrons. The third kappa shape index (κ3) is 3.81. The maximum Gasteiger partial charge on any atom is 0.263 e. The highest BCUT2D eigenvalue weighted by Crippen LogP contribution is 2.29. The lowest BCUT2D eigenvalue weighted by molar-refractivity contribution is -0.116. The van der Waals surface area contributed by atoms with E-state index in [2.05, 4.69) is 16.5 Å². The number of thiazole rings is 1. The quantitative estimate of drug-likeness (QED) is 0.320. The molecule has 0 aromatic carbocycles. The molecule has 0 saturated heterocycles. The van der Waals surface area contributed by atoms with E-state index in [0.29, 0.717) is 26.9 Å². The first-order chi connectivity index (χ1) is 13.4. The summed E-state index contributed by atoms with van der Waals surface area (Å²) >= 11 is 3.95. The molecule has 0 aliphatic rings. The Hall–Kier alpha value is -2.28. The van der Waals surface area contributed by atoms with E-state index in [4.69, 9.17) is 0 Å². The molecular weight excluding hydrogens is 412 g/mol. The molecule has 0 fully saturated rings. The van der Waals surface area contributed by atoms with Crippen molar-refractivity contribution in [2.75, 3.05) is 5.75 Å². The number of thiophene rings is 1. The average Bonchev–Trinajstić information content (AvgIpc) is 3.20. The minimum atomic E-state index is -0.902. The second-order valence-corrected chi connectivity index (χ2v) is 9.24. The van der Waals surface area contributed by atoms with Gasteiger partial charge in [-0.25, -0.2) is 9.97 Å². The van der Waals surface area contributed by atoms with E-state index < -0.39 is 5.92 Å². The van der Waals surface area contributed by atoms with Crippen molar-refractivity contribution >= 4 is 50.4 Å². The highest BCUT2D eigenvalue weighted by Gasteiger charge is 2.24. The van der Waals surface area contributed by atoms with Crippen molar-refractivity contribution in [1.82, 2.24) is 14.5 Å². The molecule has 0 amide bonds. The Kier molecular flexibility index (Phi) is 6.13. The van der Waals surface area contributed by atoms with E-state index in [1.54, 1.807) is 6.08 Å². The minimum absolute atomic E-state index is 0.0370. The van der Waals surface area contributed by atoms with Crippen LogP contribution >= 0.6 is 34.4 Å². The Bertz CT molecular complexity index is 1170. The largest absolute Gasteiger partial charge is 0.297 e. The van der Waals surface area contributed by atoms with Gasteiger partial charge in [0.05, 0.1) is 17.2 Å². The summed E-state index contributed by atoms with van der Waals surface area (Å²) in [7, 11) is 0. The van der Waals surface area contributed by atoms with Gasteiger partial charge >= 0.3 is 0 Å². The maximum absolute atomic E-state index is 13.0. The first-order valence-electron chi connectivity index (χ1n) is 8.46. The number of ketones is 1. The van der Waals surface area contributed by atoms with E-state index in [0.717, 1.165) is 16.1 Å². The molecule has 0 bridgehead atoms. The van der Waals surface area contributed by atoms with Crippen molar-refractivity contribution in [1.29, 1.82) is 5.26 Å². The van der Waals surface area contributed by atoms with Crippen molar-refractivity contribution in [3.63, 3.8) is 0 Å². The van der Waals surface area contributed by atoms with Gasteiger partial charge in [-0.2, -0.15) is 5.26 Å². The number of aromatic nitrogens is 3. The van der Waals surface area contributed by atoms with Crippen LogP contribution in [-0.4, -0.2) is 26.1 Å². The monoisotopic (exact) mass is 430 g/mol. The lowest BCUT2D eigenvalue weighted by Gasteiger charge is -2.10. The summed E-state index contributed by atoms with van der Waals surface area (Å²) in [6.07, 6.45) is 1.63. The summed E-state index contributed by atoms with van der Waals surface area (Å²) in [4.78, 5) is 36.2. The molecule has 3 heterocycles. The molecule has 3 aromatic heterocycles. The summed E-state index contributed by atoms with van der Waals surface area (Å²) in [6.45, 7) is 9.72. The van der Waals surface area contributed by atoms with Gasteiger partial charge in [0.2, 0.25) is 0 Å². The molecule has 3 rings (SSSR count). The van der Waals surface area contributed by atoms with Crippen LogP contribution in [0.25, 0.3) is 10.2 Å². The van der Waals surface area contributed by atoms with Crippen LogP contribution in [0.1, 0.15) is 27.1 Å². The maximum atomic E-state index is 13.0. The SMILES string of the molecule is C=CCn1c(SCC(=O)[C@H](C#N)c2nc(C)cs2)nc2sc(C)c(C)c2c1=O. The molecule has 0 saturated carbocycles. The number of aryl methyl sites for hydroxylation is 3. The molecule has 0 radical (unpaired) electrons. The van der Waals surface area contributed by atoms with Crippen LogP contribution in [0.2, 0.25) is 0 Å². The molecule has 6 nitrogen and oxygen atoms in total. The fourth-order valence-electron chi connectivity index (χ4n) is 2.70. The van der Waals surface area contributed by atoms with E-state index in [1.807, 2.05) is 32.2 Å². The normalized spacial score (nSPS) is 12.1. The molecule has 0 aliphatic heterocycles. The zero-order valence-electron chi connectivity index (χ0n) is 15.7. The second-order valence-electron chi connectivity index (χ2n) is 6.21. The van der Waals surface area contributed by atoms with Crippen LogP contribution in [0.15, 0.2) is 28.0 Å². The number of Topliss-reactive ketones (excluding diaryl/α,β-unsaturated/α-hetero) is 1. The number of rotatable bonds is 7. The summed E-state index contributed by atoms with van der Waals surface area (Å²) in [5.41, 5.74) is 1.59. The third-order valence-corrected chi connectivity index (χ3v) is 7.37. The second kappa shape index (κ2) is 8.39. The number of nitriles is 1. The fourth-order valence-corrected chi connectivity index (χ4v) is 5.54. The van der Waals surface area contributed by atoms with Gasteiger partial charge in [-0.15, -0.1) is 29.3 Å². The van der Waals surface area contributed by atoms with Crippen LogP contribution < -0.4 is 5.56 Å². The topological polar surface area (TPSA) is 88.6 Å². The summed E-state index contributed by atoms with van der Waals surface area (Å²) in [5.74, 6) is -1.12. The number of thioether (sulfide) groups is 1. The first kappa shape index (κ1) is 20.5. The van der Waals surface area contributed by atoms with Crippen molar-refractivity contribution in [2.45, 2.75) is 38.4 Å². The van der Waals surface area contributed by atoms with Crippen molar-refractivity contribution < 1.29 is 4.79 Å². The van der Waals surface area contributed by atoms with Crippen LogP contribution in [0.5, 0.6) is 0 Å². The summed E-state index contributed by atoms with van der Waals surface area (Å²) < 4.78 is 1.53. The van der Waals surface area contributed by atoms with Gasteiger partial charge in [0.1, 0.15) is 9.84 Å². The van der Waals surface area contributed by atoms with Crippen LogP contribution in [0.3, 0.4) is 0 Å². The van der Waals surface area contributed by atoms with Gasteiger partial charge in [0.15, 0.2) is 16.9 Å². The van der Waals surface area contributed by atoms with Crippen molar-refractivity contribution in [2.24, 2.45) is 0 Å². The number of nitrogens with zero attached hydrogens (tertiary/aromatic N) is 4. The zero-order valence-corrected chi connectivity index (χ0v) is 18.1. The Morgan fingerprint density at radius 1 is 1.43 bits per heavy atom. The van der Waals surface area contributed by atoms with Gasteiger partial charge in [-0.05, 0) is 26.3 Å². The third-order valence-electron chi connectivity index (χ3n) is 4.24. The van der Waals surface area contributed by atoms with E-state index >= 15 is 0 Å². The van der Waals surface area contributed by atoms with E-state index in [9.17, 15) is 14.9 Å². The lowest BCUT2D eigenvalue weighted by atomic mass is 10.1. The van der Waals surface area contributed by atoms with Gasteiger partial charge in [-0.3, -0.25) is 14.2 Å². The molecule has 3 aromatic rings. The highest BCUT2D eigenvalue weighted by molar-refractivity contribution is 7.99. The predicted molar refractivity (Wildman–Crippen MR) is 114 cm³/mol. The molecule has 0 unspecified atom stereocenters. The fraction of sp³-hybridized carbons (Fsp3) is 0.316. The summed E-state index contributed by atoms with van der Waals surface area (Å²) in [6, 6.07) is 2.04. The first-order valence-corrected chi connectivity index (χ1v) is 11.1. The average molecular weight is 431 g/mol. The Morgan fingerprint density at radius 2 is 2.18 bits per heavy atom. The van der Waals surface area contributed by atoms with Gasteiger partial charge in [0, 0.05) is 22.5 Å². The van der Waals surface area contributed by atoms with Gasteiger partial charge < -0.3 is 0 Å². The van der Waals surface area contributed by atoms with Crippen LogP contribution in [-0.2, 0) is 11.3 Å². The highest BCUT2D eigenvalue weighted by atomic mass is 32.2. The van der Waals surface area contributed by atoms with E-state index in [-0.39, 0.29) is 17.1 Å². The number of carbonyl (C=O) groups excluding carboxylic acids is 1. The van der Waals surface area contributed by atoms with Gasteiger partial charge in [-0.1, -0.05) is 17.8 Å². The molecule has 28 heavy (non-hydrogen) atoms. The Morgan fingerprint density at radius 3 is 2.79 bits per heavy atom. The van der Waals surface area contributed by atoms with E-state index in [1.165, 1.54) is 39.0 Å². The number of fused-ring (bicyclic) bond motifs is 1. The zero-order chi connectivity index (χ0) is 20.4. The lowest BCUT2D eigenvalue weighted by Crippen LogP contribution is -2.23. The number of hydrogen-bond donors (Lipinski definition) is 0. The molecule has 0 N–H and O–H groups in total. The van der Waals surface area contributed by atoms with Crippen molar-refractivity contribution in [3.05, 3.63) is 49.5 Å². The standard InChI is InChI=1S/C19H18N4O2S3/c1-5-6-23-18(25)15-11(3)12(4)28-17(15)22-19(23)27-9-14(24)13(7-20)16-21-10(2)8-26-16/h5,8,13H,1,6,9H2,2-4H3/t13-/m0/s1. The number of carbonyl (C=O) groups is 1. The van der Waals surface area contributed by atoms with Crippen molar-refractivity contribution in [3.8, 4) is 6.07 Å². The predicted octanol–water partition coefficient (Wildman–Crippen LogP) is 3.99. The van der Waals surface area contributed by atoms with Gasteiger partial charge in [0.25, 0.3) is 5.56 Å². The Balaban J connectivity index is 1.92. The summed E-state index contributed by atoms with van der Waals surface area (Å²) in [5, 5.41) is 12.8. The molecule has 1 atom stereocenters. The number of allylic oxidation sites excluding steroid dienone is 1. The molecule has 0 spiro atoms. The van der Waals surface area contributed by atoms with Crippen LogP contribution in [0, 0.1) is 32.1 Å². The smallest absolute Gasteiger partial charge is 0.263 e. The minimum Gasteiger partial charge on any atom is -0.297 e. The molecule has 9 heteroatoms. The molecule has 0 aliphatic carbocycles. The molecular formula is C19H18N4O2S3. The number of hydrogen-bond acceptors (Lipinski definition) is 8. The Labute approximate surface area is 174 Å².